The number of aromatic nitrogens is 8. The molecular weight excluding hydrogens is 717 g/mol. The average Bonchev–Trinajstić information content (AvgIpc) is 3.90. The van der Waals surface area contributed by atoms with Crippen LogP contribution >= 0.6 is 22.7 Å². The van der Waals surface area contributed by atoms with Gasteiger partial charge in [0, 0.05) is 40.9 Å². The van der Waals surface area contributed by atoms with E-state index in [-0.39, 0.29) is 0 Å². The molecule has 0 aromatic carbocycles. The molecule has 0 amide bonds. The highest BCUT2D eigenvalue weighted by Gasteiger charge is 2.19. The minimum atomic E-state index is -1.14. The Hall–Kier alpha value is -4.46. The van der Waals surface area contributed by atoms with Crippen LogP contribution in [0.2, 0.25) is 25.7 Å². The number of nitrogens with zero attached hydrogens (tertiary/aromatic N) is 11. The molecule has 2 saturated heterocycles. The van der Waals surface area contributed by atoms with Crippen molar-refractivity contribution in [2.75, 3.05) is 86.0 Å². The van der Waals surface area contributed by atoms with Crippen LogP contribution in [0.5, 0.6) is 0 Å². The van der Waals surface area contributed by atoms with Gasteiger partial charge in [0.1, 0.15) is 29.4 Å². The number of anilines is 6. The Morgan fingerprint density at radius 3 is 1.98 bits per heavy atom. The lowest BCUT2D eigenvalue weighted by Crippen LogP contribution is -2.36. The van der Waals surface area contributed by atoms with Crippen LogP contribution in [0.15, 0.2) is 59.8 Å². The number of rotatable bonds is 11. The maximum absolute atomic E-state index is 6.00. The summed E-state index contributed by atoms with van der Waals surface area (Å²) in [6, 6.07) is 13.1. The zero-order valence-electron chi connectivity index (χ0n) is 29.5. The van der Waals surface area contributed by atoms with Crippen LogP contribution in [0, 0.1) is 0 Å². The van der Waals surface area contributed by atoms with E-state index in [9.17, 15) is 0 Å². The zero-order chi connectivity index (χ0) is 35.8. The number of hydrogen-bond acceptors (Lipinski definition) is 17. The number of nitrogens with one attached hydrogen (secondary N) is 1. The summed E-state index contributed by atoms with van der Waals surface area (Å²) in [7, 11) is -1.14. The smallest absolute Gasteiger partial charge is 0.215 e. The van der Waals surface area contributed by atoms with Gasteiger partial charge in [-0.2, -0.15) is 0 Å². The molecule has 2 aliphatic heterocycles. The monoisotopic (exact) mass is 758 g/mol. The third-order valence-electron chi connectivity index (χ3n) is 8.45. The summed E-state index contributed by atoms with van der Waals surface area (Å²) in [5.74, 6) is 1.53. The van der Waals surface area contributed by atoms with Gasteiger partial charge in [-0.15, -0.1) is 20.4 Å². The molecule has 6 aromatic heterocycles. The predicted molar refractivity (Wildman–Crippen MR) is 209 cm³/mol. The standard InChI is InChI=1S/C20H28N6O2SSi.C14H14N6OS/c1-30(2,3)11-10-28-15-26(20-24-22-14-29-20)19-5-4-17-18(23-19)12-16(13-21-17)25-6-8-27-9-7-25;1-2-13(18-14-19-16-9-22-14)17-12-7-10(8-15-11(1)12)20-3-5-21-6-4-20/h4-5,12-14H,6-11,15H2,1-3H3;1-2,7-9H,3-6H2,(H,17,18,19). The summed E-state index contributed by atoms with van der Waals surface area (Å²) in [6.45, 7) is 14.7. The van der Waals surface area contributed by atoms with Crippen molar-refractivity contribution in [3.05, 3.63) is 59.8 Å². The van der Waals surface area contributed by atoms with Gasteiger partial charge in [0.15, 0.2) is 0 Å². The maximum atomic E-state index is 6.00. The van der Waals surface area contributed by atoms with E-state index in [1.54, 1.807) is 11.0 Å². The first-order valence-electron chi connectivity index (χ1n) is 17.2. The van der Waals surface area contributed by atoms with E-state index in [1.807, 2.05) is 41.6 Å². The van der Waals surface area contributed by atoms with E-state index >= 15 is 0 Å². The summed E-state index contributed by atoms with van der Waals surface area (Å²) in [6.07, 6.45) is 3.81. The normalized spacial score (nSPS) is 15.1. The first-order valence-corrected chi connectivity index (χ1v) is 22.7. The number of fused-ring (bicyclic) bond motifs is 2. The van der Waals surface area contributed by atoms with Crippen molar-refractivity contribution in [2.45, 2.75) is 25.7 Å². The number of morpholine rings is 2. The van der Waals surface area contributed by atoms with E-state index in [1.165, 1.54) is 22.7 Å². The third kappa shape index (κ3) is 9.49. The third-order valence-corrected chi connectivity index (χ3v) is 11.5. The van der Waals surface area contributed by atoms with Crippen LogP contribution in [0.25, 0.3) is 22.1 Å². The molecule has 0 aliphatic carbocycles. The molecule has 272 valence electrons. The molecular formula is C34H42N12O3S2Si. The molecule has 2 fully saturated rings. The van der Waals surface area contributed by atoms with Crippen LogP contribution in [0.1, 0.15) is 0 Å². The fourth-order valence-corrected chi connectivity index (χ4v) is 7.33. The Morgan fingerprint density at radius 1 is 0.769 bits per heavy atom. The lowest BCUT2D eigenvalue weighted by molar-refractivity contribution is 0.122. The predicted octanol–water partition coefficient (Wildman–Crippen LogP) is 5.83. The molecule has 15 nitrogen and oxygen atoms in total. The fraction of sp³-hybridized carbons (Fsp3) is 0.412. The molecule has 8 heterocycles. The molecule has 0 unspecified atom stereocenters. The van der Waals surface area contributed by atoms with E-state index < -0.39 is 8.07 Å². The van der Waals surface area contributed by atoms with E-state index in [0.29, 0.717) is 6.73 Å². The molecule has 0 bridgehead atoms. The van der Waals surface area contributed by atoms with Crippen LogP contribution in [-0.2, 0) is 14.2 Å². The summed E-state index contributed by atoms with van der Waals surface area (Å²) >= 11 is 2.91. The summed E-state index contributed by atoms with van der Waals surface area (Å²) < 4.78 is 16.9. The Kier molecular flexibility index (Phi) is 11.7. The minimum Gasteiger partial charge on any atom is -0.378 e. The maximum Gasteiger partial charge on any atom is 0.215 e. The molecule has 2 aliphatic rings. The van der Waals surface area contributed by atoms with Crippen molar-refractivity contribution >= 4 is 86.1 Å². The largest absolute Gasteiger partial charge is 0.378 e. The highest BCUT2D eigenvalue weighted by Crippen LogP contribution is 2.28. The van der Waals surface area contributed by atoms with Gasteiger partial charge < -0.3 is 29.3 Å². The molecule has 1 N–H and O–H groups in total. The van der Waals surface area contributed by atoms with Gasteiger partial charge in [0.05, 0.1) is 72.3 Å². The summed E-state index contributed by atoms with van der Waals surface area (Å²) in [5.41, 5.74) is 9.02. The minimum absolute atomic E-state index is 0.398. The van der Waals surface area contributed by atoms with Gasteiger partial charge in [-0.3, -0.25) is 14.9 Å². The van der Waals surface area contributed by atoms with Gasteiger partial charge in [-0.25, -0.2) is 9.97 Å². The van der Waals surface area contributed by atoms with Gasteiger partial charge in [-0.05, 0) is 42.4 Å². The van der Waals surface area contributed by atoms with E-state index in [0.717, 1.165) is 121 Å². The van der Waals surface area contributed by atoms with Crippen molar-refractivity contribution in [3.8, 4) is 0 Å². The molecule has 0 spiro atoms. The van der Waals surface area contributed by atoms with Crippen molar-refractivity contribution in [1.82, 2.24) is 40.3 Å². The zero-order valence-corrected chi connectivity index (χ0v) is 32.1. The van der Waals surface area contributed by atoms with Crippen molar-refractivity contribution < 1.29 is 14.2 Å². The second kappa shape index (κ2) is 16.9. The molecule has 0 radical (unpaired) electrons. The van der Waals surface area contributed by atoms with E-state index in [4.69, 9.17) is 19.2 Å². The summed E-state index contributed by atoms with van der Waals surface area (Å²) in [4.78, 5) is 25.1. The Morgan fingerprint density at radius 2 is 1.38 bits per heavy atom. The van der Waals surface area contributed by atoms with Crippen LogP contribution in [0.3, 0.4) is 0 Å². The molecule has 0 saturated carbocycles. The average molecular weight is 759 g/mol. The first-order chi connectivity index (χ1) is 25.4. The van der Waals surface area contributed by atoms with Gasteiger partial charge in [0.25, 0.3) is 0 Å². The van der Waals surface area contributed by atoms with Crippen molar-refractivity contribution in [1.29, 1.82) is 0 Å². The Bertz CT molecular complexity index is 2020. The lowest BCUT2D eigenvalue weighted by atomic mass is 10.2. The van der Waals surface area contributed by atoms with Crippen LogP contribution in [0.4, 0.5) is 33.3 Å². The van der Waals surface area contributed by atoms with Crippen molar-refractivity contribution in [3.63, 3.8) is 0 Å². The Labute approximate surface area is 311 Å². The van der Waals surface area contributed by atoms with E-state index in [2.05, 4.69) is 82.2 Å². The highest BCUT2D eigenvalue weighted by atomic mass is 32.1. The number of ether oxygens (including phenoxy) is 3. The van der Waals surface area contributed by atoms with Crippen LogP contribution in [-0.4, -0.2) is 114 Å². The van der Waals surface area contributed by atoms with Crippen molar-refractivity contribution in [2.24, 2.45) is 0 Å². The summed E-state index contributed by atoms with van der Waals surface area (Å²) in [5, 5.41) is 20.6. The fourth-order valence-electron chi connectivity index (χ4n) is 5.57. The van der Waals surface area contributed by atoms with Gasteiger partial charge in [-0.1, -0.05) is 42.3 Å². The second-order valence-electron chi connectivity index (χ2n) is 13.4. The number of pyridine rings is 4. The highest BCUT2D eigenvalue weighted by molar-refractivity contribution is 7.13. The topological polar surface area (TPSA) is 153 Å². The Balaban J connectivity index is 0.000000169. The molecule has 0 atom stereocenters. The molecule has 18 heteroatoms. The first kappa shape index (κ1) is 35.9. The van der Waals surface area contributed by atoms with Gasteiger partial charge in [0.2, 0.25) is 10.3 Å². The molecule has 52 heavy (non-hydrogen) atoms. The molecule has 6 aromatic rings. The van der Waals surface area contributed by atoms with Gasteiger partial charge >= 0.3 is 0 Å². The quantitative estimate of drug-likeness (QED) is 0.0957. The number of hydrogen-bond donors (Lipinski definition) is 1. The lowest BCUT2D eigenvalue weighted by Gasteiger charge is -2.28. The SMILES string of the molecule is C[Si](C)(C)CCOCN(c1ccc2ncc(N3CCOCC3)cc2n1)c1nncs1.c1nnc(Nc2ccc3ncc(N4CCOCC4)cc3n2)s1. The van der Waals surface area contributed by atoms with Crippen LogP contribution < -0.4 is 20.0 Å². The second-order valence-corrected chi connectivity index (χ2v) is 20.7. The molecule has 8 rings (SSSR count).